The van der Waals surface area contributed by atoms with E-state index in [2.05, 4.69) is 14.9 Å². The topological polar surface area (TPSA) is 114 Å². The van der Waals surface area contributed by atoms with Crippen LogP contribution in [0.3, 0.4) is 0 Å². The lowest BCUT2D eigenvalue weighted by Crippen LogP contribution is -2.20. The Labute approximate surface area is 195 Å². The molecule has 0 spiro atoms. The quantitative estimate of drug-likeness (QED) is 0.584. The summed E-state index contributed by atoms with van der Waals surface area (Å²) in [5.74, 6) is -1.22. The van der Waals surface area contributed by atoms with Gasteiger partial charge in [-0.1, -0.05) is 65.3 Å². The molecule has 0 saturated heterocycles. The van der Waals surface area contributed by atoms with Gasteiger partial charge in [-0.05, 0) is 25.1 Å². The van der Waals surface area contributed by atoms with Crippen molar-refractivity contribution in [1.82, 2.24) is 0 Å². The van der Waals surface area contributed by atoms with Crippen LogP contribution in [0.4, 0.5) is 5.69 Å². The Morgan fingerprint density at radius 3 is 2.21 bits per heavy atom. The van der Waals surface area contributed by atoms with Gasteiger partial charge < -0.3 is 10.2 Å². The van der Waals surface area contributed by atoms with Crippen LogP contribution in [0, 0.1) is 6.92 Å². The summed E-state index contributed by atoms with van der Waals surface area (Å²) >= 11 is 0. The maximum Gasteiger partial charge on any atom is 0.282 e. The van der Waals surface area contributed by atoms with Crippen LogP contribution in [0.25, 0.3) is 0 Å². The Morgan fingerprint density at radius 2 is 1.47 bits per heavy atom. The molecule has 0 unspecified atom stereocenters. The van der Waals surface area contributed by atoms with Crippen molar-refractivity contribution < 1.29 is 22.8 Å². The monoisotopic (exact) mass is 471 g/mol. The number of rotatable bonds is 4. The van der Waals surface area contributed by atoms with E-state index < -0.39 is 21.7 Å². The standard InChI is InChI=1S/C25H17N3O5S/c1-15-10-12-16(13-11-15)34(31,32)28-21-14-22(24(29)18-7-3-2-6-17(18)21)33-27-23-19-8-4-5-9-20(19)26-25(23)30/h2-14H,1H3,(H,26,27,30). The summed E-state index contributed by atoms with van der Waals surface area (Å²) in [6.45, 7) is 1.85. The van der Waals surface area contributed by atoms with E-state index in [1.54, 1.807) is 60.7 Å². The minimum Gasteiger partial charge on any atom is -0.352 e. The molecule has 3 aromatic rings. The van der Waals surface area contributed by atoms with Gasteiger partial charge in [-0.2, -0.15) is 12.8 Å². The first-order chi connectivity index (χ1) is 16.3. The van der Waals surface area contributed by atoms with E-state index in [-0.39, 0.29) is 27.6 Å². The minimum absolute atomic E-state index is 0.00826. The zero-order chi connectivity index (χ0) is 23.9. The number of ketones is 1. The van der Waals surface area contributed by atoms with Gasteiger partial charge in [-0.15, -0.1) is 0 Å². The number of para-hydroxylation sites is 1. The number of nitrogens with zero attached hydrogens (tertiary/aromatic N) is 2. The predicted octanol–water partition coefficient (Wildman–Crippen LogP) is 3.63. The molecule has 9 heteroatoms. The number of hydrogen-bond donors (Lipinski definition) is 1. The fourth-order valence-corrected chi connectivity index (χ4v) is 4.62. The van der Waals surface area contributed by atoms with Crippen molar-refractivity contribution in [3.05, 3.63) is 107 Å². The maximum absolute atomic E-state index is 13.0. The number of hydrogen-bond acceptors (Lipinski definition) is 6. The highest BCUT2D eigenvalue weighted by Gasteiger charge is 2.30. The lowest BCUT2D eigenvalue weighted by molar-refractivity contribution is -0.110. The van der Waals surface area contributed by atoms with E-state index in [1.165, 1.54) is 18.2 Å². The number of oxime groups is 1. The SMILES string of the molecule is Cc1ccc(S(=O)(=O)N=C2C=C(O/N=C3\C(=O)Nc4ccccc43)C(=O)c3ccccc32)cc1. The molecule has 2 aliphatic rings. The fourth-order valence-electron chi connectivity index (χ4n) is 3.63. The molecule has 34 heavy (non-hydrogen) atoms. The van der Waals surface area contributed by atoms with Gasteiger partial charge in [0.2, 0.25) is 11.5 Å². The zero-order valence-electron chi connectivity index (χ0n) is 17.8. The molecule has 0 fully saturated rings. The van der Waals surface area contributed by atoms with Crippen molar-refractivity contribution in [3.63, 3.8) is 0 Å². The highest BCUT2D eigenvalue weighted by atomic mass is 32.2. The molecule has 0 bridgehead atoms. The van der Waals surface area contributed by atoms with Crippen molar-refractivity contribution in [1.29, 1.82) is 0 Å². The van der Waals surface area contributed by atoms with E-state index in [0.717, 1.165) is 5.56 Å². The molecule has 0 saturated carbocycles. The Balaban J connectivity index is 1.56. The van der Waals surface area contributed by atoms with Gasteiger partial charge in [0.15, 0.2) is 5.71 Å². The molecule has 3 aromatic carbocycles. The molecular formula is C25H17N3O5S. The van der Waals surface area contributed by atoms with E-state index in [4.69, 9.17) is 4.84 Å². The van der Waals surface area contributed by atoms with Crippen molar-refractivity contribution in [2.75, 3.05) is 5.32 Å². The summed E-state index contributed by atoms with van der Waals surface area (Å²) in [5.41, 5.74) is 2.63. The van der Waals surface area contributed by atoms with Gasteiger partial charge in [-0.25, -0.2) is 0 Å². The molecule has 1 aliphatic carbocycles. The van der Waals surface area contributed by atoms with Crippen LogP contribution in [-0.2, 0) is 19.7 Å². The summed E-state index contributed by atoms with van der Waals surface area (Å²) in [6, 6.07) is 19.7. The van der Waals surface area contributed by atoms with Crippen LogP contribution in [-0.4, -0.2) is 31.5 Å². The number of fused-ring (bicyclic) bond motifs is 2. The van der Waals surface area contributed by atoms with Gasteiger partial charge in [0.25, 0.3) is 15.9 Å². The number of nitrogens with one attached hydrogen (secondary N) is 1. The Hall–Kier alpha value is -4.37. The first-order valence-corrected chi connectivity index (χ1v) is 11.7. The largest absolute Gasteiger partial charge is 0.352 e. The fraction of sp³-hybridized carbons (Fsp3) is 0.0400. The average molecular weight is 471 g/mol. The summed E-state index contributed by atoms with van der Waals surface area (Å²) in [6.07, 6.45) is 1.22. The number of sulfonamides is 1. The summed E-state index contributed by atoms with van der Waals surface area (Å²) in [4.78, 5) is 30.7. The van der Waals surface area contributed by atoms with Crippen molar-refractivity contribution in [2.24, 2.45) is 9.55 Å². The summed E-state index contributed by atoms with van der Waals surface area (Å²) in [5, 5.41) is 6.57. The second-order valence-corrected chi connectivity index (χ2v) is 9.28. The molecule has 0 atom stereocenters. The van der Waals surface area contributed by atoms with Crippen LogP contribution in [0.5, 0.6) is 0 Å². The normalized spacial score (nSPS) is 17.3. The van der Waals surface area contributed by atoms with Gasteiger partial charge in [-0.3, -0.25) is 9.59 Å². The molecule has 5 rings (SSSR count). The number of aryl methyl sites for hydroxylation is 1. The molecule has 1 heterocycles. The van der Waals surface area contributed by atoms with Crippen molar-refractivity contribution in [2.45, 2.75) is 11.8 Å². The van der Waals surface area contributed by atoms with E-state index in [0.29, 0.717) is 16.8 Å². The molecular weight excluding hydrogens is 454 g/mol. The molecule has 168 valence electrons. The molecule has 1 amide bonds. The number of allylic oxidation sites excluding steroid dienone is 2. The number of anilines is 1. The Morgan fingerprint density at radius 1 is 0.824 bits per heavy atom. The van der Waals surface area contributed by atoms with E-state index >= 15 is 0 Å². The smallest absolute Gasteiger partial charge is 0.282 e. The Bertz CT molecular complexity index is 1550. The van der Waals surface area contributed by atoms with Gasteiger partial charge in [0.05, 0.1) is 16.3 Å². The van der Waals surface area contributed by atoms with Crippen LogP contribution in [0.1, 0.15) is 27.0 Å². The minimum atomic E-state index is -4.06. The highest BCUT2D eigenvalue weighted by molar-refractivity contribution is 7.90. The molecule has 0 aromatic heterocycles. The molecule has 1 aliphatic heterocycles. The number of benzene rings is 3. The maximum atomic E-state index is 13.0. The number of Topliss-reactive ketones (excluding diaryl/α,β-unsaturated/α-hetero) is 1. The van der Waals surface area contributed by atoms with Crippen molar-refractivity contribution in [3.8, 4) is 0 Å². The third-order valence-corrected chi connectivity index (χ3v) is 6.66. The lowest BCUT2D eigenvalue weighted by atomic mass is 9.93. The van der Waals surface area contributed by atoms with Crippen molar-refractivity contribution >= 4 is 38.8 Å². The Kier molecular flexibility index (Phi) is 5.18. The molecule has 8 nitrogen and oxygen atoms in total. The first kappa shape index (κ1) is 21.5. The molecule has 0 radical (unpaired) electrons. The second-order valence-electron chi connectivity index (χ2n) is 7.68. The van der Waals surface area contributed by atoms with Crippen LogP contribution in [0.2, 0.25) is 0 Å². The third-order valence-electron chi connectivity index (χ3n) is 5.36. The second kappa shape index (κ2) is 8.20. The van der Waals surface area contributed by atoms with Gasteiger partial charge in [0, 0.05) is 22.8 Å². The average Bonchev–Trinajstić information content (AvgIpc) is 3.15. The van der Waals surface area contributed by atoms with Crippen LogP contribution >= 0.6 is 0 Å². The number of carbonyl (C=O) groups excluding carboxylic acids is 2. The van der Waals surface area contributed by atoms with Crippen LogP contribution in [0.15, 0.2) is 99.1 Å². The van der Waals surface area contributed by atoms with E-state index in [9.17, 15) is 18.0 Å². The van der Waals surface area contributed by atoms with Crippen LogP contribution < -0.4 is 5.32 Å². The summed E-state index contributed by atoms with van der Waals surface area (Å²) < 4.78 is 29.8. The lowest BCUT2D eigenvalue weighted by Gasteiger charge is -2.15. The zero-order valence-corrected chi connectivity index (χ0v) is 18.7. The van der Waals surface area contributed by atoms with Gasteiger partial charge in [0.1, 0.15) is 0 Å². The molecule has 1 N–H and O–H groups in total. The number of amides is 1. The first-order valence-electron chi connectivity index (χ1n) is 10.3. The van der Waals surface area contributed by atoms with Gasteiger partial charge >= 0.3 is 0 Å². The highest BCUT2D eigenvalue weighted by Crippen LogP contribution is 2.27. The summed E-state index contributed by atoms with van der Waals surface area (Å²) in [7, 11) is -4.06. The predicted molar refractivity (Wildman–Crippen MR) is 126 cm³/mol. The third kappa shape index (κ3) is 3.82. The number of carbonyl (C=O) groups is 2. The van der Waals surface area contributed by atoms with E-state index in [1.807, 2.05) is 6.92 Å².